The third-order valence-corrected chi connectivity index (χ3v) is 3.32. The second-order valence-corrected chi connectivity index (χ2v) is 4.69. The van der Waals surface area contributed by atoms with Gasteiger partial charge in [-0.25, -0.2) is 0 Å². The van der Waals surface area contributed by atoms with Gasteiger partial charge in [0, 0.05) is 11.9 Å². The van der Waals surface area contributed by atoms with Gasteiger partial charge in [-0.3, -0.25) is 4.98 Å². The summed E-state index contributed by atoms with van der Waals surface area (Å²) < 4.78 is 5.92. The molecule has 2 unspecified atom stereocenters. The molecule has 88 valence electrons. The maximum atomic E-state index is 5.92. The van der Waals surface area contributed by atoms with Crippen LogP contribution < -0.4 is 5.73 Å². The molecule has 16 heavy (non-hydrogen) atoms. The zero-order chi connectivity index (χ0) is 11.4. The summed E-state index contributed by atoms with van der Waals surface area (Å²) in [5.74, 6) is 0.676. The summed E-state index contributed by atoms with van der Waals surface area (Å²) in [4.78, 5) is 4.24. The van der Waals surface area contributed by atoms with Crippen LogP contribution in [-0.4, -0.2) is 11.1 Å². The van der Waals surface area contributed by atoms with Gasteiger partial charge < -0.3 is 10.5 Å². The van der Waals surface area contributed by atoms with Gasteiger partial charge >= 0.3 is 0 Å². The monoisotopic (exact) mass is 220 g/mol. The Bertz CT molecular complexity index is 340. The molecule has 1 aliphatic rings. The number of rotatable bonds is 3. The lowest BCUT2D eigenvalue weighted by Crippen LogP contribution is -2.25. The maximum absolute atomic E-state index is 5.92. The normalized spacial score (nSPS) is 25.6. The van der Waals surface area contributed by atoms with Crippen LogP contribution in [0, 0.1) is 5.92 Å². The van der Waals surface area contributed by atoms with Crippen molar-refractivity contribution in [2.75, 3.05) is 5.73 Å². The Labute approximate surface area is 97.0 Å². The Kier molecular flexibility index (Phi) is 3.78. The summed E-state index contributed by atoms with van der Waals surface area (Å²) in [7, 11) is 0. The molecule has 1 saturated carbocycles. The van der Waals surface area contributed by atoms with Crippen LogP contribution in [0.25, 0.3) is 0 Å². The van der Waals surface area contributed by atoms with E-state index < -0.39 is 0 Å². The Morgan fingerprint density at radius 3 is 3.00 bits per heavy atom. The maximum Gasteiger partial charge on any atom is 0.0892 e. The molecule has 1 fully saturated rings. The number of nitrogens with two attached hydrogens (primary N) is 1. The summed E-state index contributed by atoms with van der Waals surface area (Å²) in [6, 6.07) is 3.68. The first-order chi connectivity index (χ1) is 7.75. The molecule has 2 rings (SSSR count). The summed E-state index contributed by atoms with van der Waals surface area (Å²) in [5.41, 5.74) is 7.38. The van der Waals surface area contributed by atoms with E-state index in [1.54, 1.807) is 12.3 Å². The first-order valence-corrected chi connectivity index (χ1v) is 6.07. The average molecular weight is 220 g/mol. The summed E-state index contributed by atoms with van der Waals surface area (Å²) in [6.45, 7) is 2.86. The van der Waals surface area contributed by atoms with Gasteiger partial charge in [-0.1, -0.05) is 19.8 Å². The highest BCUT2D eigenvalue weighted by atomic mass is 16.5. The number of aromatic nitrogens is 1. The highest BCUT2D eigenvalue weighted by Crippen LogP contribution is 2.26. The lowest BCUT2D eigenvalue weighted by molar-refractivity contribution is -0.0167. The molecule has 0 radical (unpaired) electrons. The van der Waals surface area contributed by atoms with E-state index in [4.69, 9.17) is 10.5 Å². The summed E-state index contributed by atoms with van der Waals surface area (Å²) >= 11 is 0. The van der Waals surface area contributed by atoms with E-state index in [0.717, 1.165) is 11.4 Å². The smallest absolute Gasteiger partial charge is 0.0892 e. The van der Waals surface area contributed by atoms with Crippen molar-refractivity contribution in [1.82, 2.24) is 4.98 Å². The zero-order valence-electron chi connectivity index (χ0n) is 9.86. The molecule has 3 nitrogen and oxygen atoms in total. The van der Waals surface area contributed by atoms with Crippen LogP contribution in [0.4, 0.5) is 5.69 Å². The number of hydrogen-bond acceptors (Lipinski definition) is 3. The SMILES string of the molecule is CC1CCCCC1OCc1cc(N)ccn1. The molecule has 2 atom stereocenters. The molecule has 1 aromatic heterocycles. The van der Waals surface area contributed by atoms with Gasteiger partial charge in [0.05, 0.1) is 18.4 Å². The van der Waals surface area contributed by atoms with Crippen molar-refractivity contribution in [1.29, 1.82) is 0 Å². The number of hydrogen-bond donors (Lipinski definition) is 1. The molecular weight excluding hydrogens is 200 g/mol. The predicted molar refractivity (Wildman–Crippen MR) is 64.9 cm³/mol. The van der Waals surface area contributed by atoms with Crippen LogP contribution >= 0.6 is 0 Å². The van der Waals surface area contributed by atoms with Crippen LogP contribution in [0.15, 0.2) is 18.3 Å². The molecule has 0 spiro atoms. The molecule has 2 N–H and O–H groups in total. The fraction of sp³-hybridized carbons (Fsp3) is 0.615. The van der Waals surface area contributed by atoms with Gasteiger partial charge in [0.2, 0.25) is 0 Å². The van der Waals surface area contributed by atoms with Crippen LogP contribution in [0.1, 0.15) is 38.3 Å². The molecule has 0 saturated heterocycles. The van der Waals surface area contributed by atoms with Crippen molar-refractivity contribution < 1.29 is 4.74 Å². The minimum Gasteiger partial charge on any atom is -0.399 e. The van der Waals surface area contributed by atoms with Crippen LogP contribution in [0.3, 0.4) is 0 Å². The molecule has 3 heteroatoms. The van der Waals surface area contributed by atoms with E-state index in [1.807, 2.05) is 6.07 Å². The van der Waals surface area contributed by atoms with Gasteiger partial charge in [0.25, 0.3) is 0 Å². The lowest BCUT2D eigenvalue weighted by atomic mass is 9.88. The number of nitrogens with zero attached hydrogens (tertiary/aromatic N) is 1. The van der Waals surface area contributed by atoms with Crippen molar-refractivity contribution in [2.24, 2.45) is 5.92 Å². The molecule has 0 amide bonds. The molecular formula is C13H20N2O. The third-order valence-electron chi connectivity index (χ3n) is 3.32. The van der Waals surface area contributed by atoms with E-state index in [0.29, 0.717) is 18.6 Å². The van der Waals surface area contributed by atoms with Crippen LogP contribution in [0.2, 0.25) is 0 Å². The van der Waals surface area contributed by atoms with Crippen molar-refractivity contribution in [3.8, 4) is 0 Å². The molecule has 0 aromatic carbocycles. The quantitative estimate of drug-likeness (QED) is 0.852. The molecule has 1 aromatic rings. The topological polar surface area (TPSA) is 48.1 Å². The Hall–Kier alpha value is -1.09. The predicted octanol–water partition coefficient (Wildman–Crippen LogP) is 2.76. The first kappa shape index (κ1) is 11.4. The van der Waals surface area contributed by atoms with E-state index in [-0.39, 0.29) is 0 Å². The first-order valence-electron chi connectivity index (χ1n) is 6.07. The Balaban J connectivity index is 1.86. The van der Waals surface area contributed by atoms with Crippen LogP contribution in [0.5, 0.6) is 0 Å². The third kappa shape index (κ3) is 2.95. The molecule has 1 heterocycles. The zero-order valence-corrected chi connectivity index (χ0v) is 9.86. The van der Waals surface area contributed by atoms with E-state index in [2.05, 4.69) is 11.9 Å². The van der Waals surface area contributed by atoms with Gasteiger partial charge in [-0.05, 0) is 30.9 Å². The number of anilines is 1. The lowest BCUT2D eigenvalue weighted by Gasteiger charge is -2.28. The highest BCUT2D eigenvalue weighted by molar-refractivity contribution is 5.36. The van der Waals surface area contributed by atoms with E-state index in [9.17, 15) is 0 Å². The molecule has 1 aliphatic carbocycles. The minimum atomic E-state index is 0.400. The molecule has 0 aliphatic heterocycles. The number of pyridine rings is 1. The Morgan fingerprint density at radius 2 is 2.25 bits per heavy atom. The van der Waals surface area contributed by atoms with Crippen molar-refractivity contribution in [3.05, 3.63) is 24.0 Å². The van der Waals surface area contributed by atoms with Gasteiger partial charge in [-0.2, -0.15) is 0 Å². The average Bonchev–Trinajstić information content (AvgIpc) is 2.28. The fourth-order valence-electron chi connectivity index (χ4n) is 2.30. The van der Waals surface area contributed by atoms with Crippen molar-refractivity contribution >= 4 is 5.69 Å². The summed E-state index contributed by atoms with van der Waals surface area (Å²) in [5, 5.41) is 0. The summed E-state index contributed by atoms with van der Waals surface area (Å²) in [6.07, 6.45) is 7.24. The fourth-order valence-corrected chi connectivity index (χ4v) is 2.30. The second-order valence-electron chi connectivity index (χ2n) is 4.69. The second kappa shape index (κ2) is 5.30. The Morgan fingerprint density at radius 1 is 1.44 bits per heavy atom. The molecule has 0 bridgehead atoms. The standard InChI is InChI=1S/C13H20N2O/c1-10-4-2-3-5-13(10)16-9-12-8-11(14)6-7-15-12/h6-8,10,13H,2-5,9H2,1H3,(H2,14,15). The highest BCUT2D eigenvalue weighted by Gasteiger charge is 2.21. The van der Waals surface area contributed by atoms with Gasteiger partial charge in [-0.15, -0.1) is 0 Å². The van der Waals surface area contributed by atoms with Crippen molar-refractivity contribution in [2.45, 2.75) is 45.3 Å². The number of nitrogen functional groups attached to an aromatic ring is 1. The number of ether oxygens (including phenoxy) is 1. The van der Waals surface area contributed by atoms with Crippen LogP contribution in [-0.2, 0) is 11.3 Å². The van der Waals surface area contributed by atoms with Gasteiger partial charge in [0.15, 0.2) is 0 Å². The van der Waals surface area contributed by atoms with Crippen molar-refractivity contribution in [3.63, 3.8) is 0 Å². The van der Waals surface area contributed by atoms with E-state index >= 15 is 0 Å². The van der Waals surface area contributed by atoms with Gasteiger partial charge in [0.1, 0.15) is 0 Å². The largest absolute Gasteiger partial charge is 0.399 e. The van der Waals surface area contributed by atoms with E-state index in [1.165, 1.54) is 25.7 Å². The minimum absolute atomic E-state index is 0.400.